The minimum atomic E-state index is -0.819. The lowest BCUT2D eigenvalue weighted by Crippen LogP contribution is -2.54. The summed E-state index contributed by atoms with van der Waals surface area (Å²) in [5, 5.41) is 2.20. The van der Waals surface area contributed by atoms with Gasteiger partial charge in [0.15, 0.2) is 11.5 Å². The average molecular weight is 490 g/mol. The highest BCUT2D eigenvalue weighted by Crippen LogP contribution is 2.31. The van der Waals surface area contributed by atoms with Gasteiger partial charge in [0.05, 0.1) is 19.9 Å². The lowest BCUT2D eigenvalue weighted by atomic mass is 10.1. The van der Waals surface area contributed by atoms with Crippen LogP contribution in [-0.4, -0.2) is 38.0 Å². The molecule has 36 heavy (non-hydrogen) atoms. The van der Waals surface area contributed by atoms with Gasteiger partial charge in [-0.25, -0.2) is 14.5 Å². The van der Waals surface area contributed by atoms with Crippen LogP contribution in [0, 0.1) is 6.92 Å². The molecule has 10 heteroatoms. The number of hydrogen-bond donors (Lipinski definition) is 1. The number of esters is 1. The van der Waals surface area contributed by atoms with Crippen LogP contribution in [0.25, 0.3) is 6.08 Å². The smallest absolute Gasteiger partial charge is 0.373 e. The number of ether oxygens (including phenoxy) is 3. The molecule has 0 aliphatic carbocycles. The molecule has 1 saturated heterocycles. The van der Waals surface area contributed by atoms with Gasteiger partial charge in [-0.3, -0.25) is 14.9 Å². The van der Waals surface area contributed by atoms with Crippen molar-refractivity contribution >= 4 is 35.6 Å². The van der Waals surface area contributed by atoms with E-state index < -0.39 is 23.8 Å². The highest BCUT2D eigenvalue weighted by Gasteiger charge is 2.36. The minimum Gasteiger partial charge on any atom is -0.493 e. The van der Waals surface area contributed by atoms with Gasteiger partial charge in [0.1, 0.15) is 17.9 Å². The van der Waals surface area contributed by atoms with Crippen LogP contribution in [0.2, 0.25) is 0 Å². The number of barbiturate groups is 1. The van der Waals surface area contributed by atoms with Crippen molar-refractivity contribution in [3.63, 3.8) is 0 Å². The van der Waals surface area contributed by atoms with E-state index in [4.69, 9.17) is 13.9 Å². The first-order valence-corrected chi connectivity index (χ1v) is 10.8. The molecule has 0 radical (unpaired) electrons. The van der Waals surface area contributed by atoms with Gasteiger partial charge in [-0.15, -0.1) is 0 Å². The highest BCUT2D eigenvalue weighted by atomic mass is 16.5. The number of hydrogen-bond acceptors (Lipinski definition) is 8. The van der Waals surface area contributed by atoms with Crippen LogP contribution in [0.1, 0.15) is 27.4 Å². The second-order valence-corrected chi connectivity index (χ2v) is 7.75. The molecule has 1 aliphatic heterocycles. The van der Waals surface area contributed by atoms with Gasteiger partial charge >= 0.3 is 12.0 Å². The van der Waals surface area contributed by atoms with E-state index in [-0.39, 0.29) is 17.9 Å². The average Bonchev–Trinajstić information content (AvgIpc) is 3.35. The Morgan fingerprint density at radius 1 is 1.00 bits per heavy atom. The zero-order valence-electron chi connectivity index (χ0n) is 19.7. The van der Waals surface area contributed by atoms with Crippen molar-refractivity contribution in [3.8, 4) is 11.5 Å². The van der Waals surface area contributed by atoms with Crippen molar-refractivity contribution < 1.29 is 37.8 Å². The van der Waals surface area contributed by atoms with E-state index in [1.807, 2.05) is 6.92 Å². The van der Waals surface area contributed by atoms with Crippen LogP contribution in [0.4, 0.5) is 10.5 Å². The number of nitrogens with one attached hydrogen (secondary N) is 1. The van der Waals surface area contributed by atoms with E-state index in [1.165, 1.54) is 26.4 Å². The number of methoxy groups -OCH3 is 2. The Balaban J connectivity index is 1.55. The molecule has 1 fully saturated rings. The first-order chi connectivity index (χ1) is 17.3. The summed E-state index contributed by atoms with van der Waals surface area (Å²) in [5.41, 5.74) is 1.57. The molecule has 184 valence electrons. The van der Waals surface area contributed by atoms with E-state index >= 15 is 0 Å². The zero-order chi connectivity index (χ0) is 25.8. The molecule has 0 bridgehead atoms. The van der Waals surface area contributed by atoms with E-state index in [1.54, 1.807) is 48.5 Å². The molecule has 1 aliphatic rings. The number of urea groups is 1. The zero-order valence-corrected chi connectivity index (χ0v) is 19.7. The summed E-state index contributed by atoms with van der Waals surface area (Å²) in [7, 11) is 2.70. The number of amides is 4. The largest absolute Gasteiger partial charge is 0.493 e. The summed E-state index contributed by atoms with van der Waals surface area (Å²) >= 11 is 0. The number of aryl methyl sites for hydroxylation is 1. The Morgan fingerprint density at radius 3 is 2.44 bits per heavy atom. The fourth-order valence-electron chi connectivity index (χ4n) is 3.46. The molecular formula is C26H22N2O8. The molecule has 2 heterocycles. The molecule has 4 amide bonds. The van der Waals surface area contributed by atoms with E-state index in [0.717, 1.165) is 10.5 Å². The first-order valence-electron chi connectivity index (χ1n) is 10.8. The normalized spacial score (nSPS) is 14.6. The molecule has 1 N–H and O–H groups in total. The number of benzene rings is 2. The third kappa shape index (κ3) is 4.97. The summed E-state index contributed by atoms with van der Waals surface area (Å²) < 4.78 is 21.1. The summed E-state index contributed by atoms with van der Waals surface area (Å²) in [4.78, 5) is 50.3. The Labute approximate surface area is 206 Å². The molecule has 0 atom stereocenters. The Kier molecular flexibility index (Phi) is 6.86. The summed E-state index contributed by atoms with van der Waals surface area (Å²) in [5.74, 6) is -0.989. The van der Waals surface area contributed by atoms with Crippen LogP contribution in [0.15, 0.2) is 64.6 Å². The highest BCUT2D eigenvalue weighted by molar-refractivity contribution is 6.39. The van der Waals surface area contributed by atoms with Crippen LogP contribution in [0.3, 0.4) is 0 Å². The molecule has 3 aromatic rings. The Hall–Kier alpha value is -4.86. The van der Waals surface area contributed by atoms with E-state index in [0.29, 0.717) is 28.5 Å². The lowest BCUT2D eigenvalue weighted by Gasteiger charge is -2.26. The van der Waals surface area contributed by atoms with Gasteiger partial charge in [0.25, 0.3) is 11.8 Å². The van der Waals surface area contributed by atoms with Crippen molar-refractivity contribution in [3.05, 3.63) is 82.8 Å². The predicted molar refractivity (Wildman–Crippen MR) is 128 cm³/mol. The van der Waals surface area contributed by atoms with Crippen LogP contribution >= 0.6 is 0 Å². The number of carbonyl (C=O) groups is 4. The van der Waals surface area contributed by atoms with Gasteiger partial charge in [0, 0.05) is 0 Å². The van der Waals surface area contributed by atoms with Crippen molar-refractivity contribution in [2.24, 2.45) is 0 Å². The molecule has 10 nitrogen and oxygen atoms in total. The lowest BCUT2D eigenvalue weighted by molar-refractivity contribution is -0.122. The quantitative estimate of drug-likeness (QED) is 0.303. The number of furan rings is 1. The molecule has 2 aromatic carbocycles. The van der Waals surface area contributed by atoms with Gasteiger partial charge in [-0.1, -0.05) is 23.8 Å². The Bertz CT molecular complexity index is 1370. The number of nitrogens with zero attached hydrogens (tertiary/aromatic N) is 1. The Morgan fingerprint density at radius 2 is 1.75 bits per heavy atom. The van der Waals surface area contributed by atoms with Crippen molar-refractivity contribution in [1.29, 1.82) is 0 Å². The maximum absolute atomic E-state index is 13.1. The number of rotatable bonds is 7. The van der Waals surface area contributed by atoms with Crippen molar-refractivity contribution in [1.82, 2.24) is 5.32 Å². The fraction of sp³-hybridized carbons (Fsp3) is 0.154. The minimum absolute atomic E-state index is 0.0162. The fourth-order valence-corrected chi connectivity index (χ4v) is 3.46. The van der Waals surface area contributed by atoms with Gasteiger partial charge in [0.2, 0.25) is 5.76 Å². The molecule has 0 spiro atoms. The standard InChI is InChI=1S/C26H22N2O8/c1-15-4-7-17(8-5-15)28-24(30)19(23(29)27-26(28)32)12-16-6-10-20(22(13-16)33-2)35-14-18-9-11-21(36-18)25(31)34-3/h4-13H,14H2,1-3H3,(H,27,29,32). The molecular weight excluding hydrogens is 468 g/mol. The maximum atomic E-state index is 13.1. The van der Waals surface area contributed by atoms with Gasteiger partial charge < -0.3 is 18.6 Å². The molecule has 1 aromatic heterocycles. The first kappa shape index (κ1) is 24.3. The van der Waals surface area contributed by atoms with Gasteiger partial charge in [-0.2, -0.15) is 0 Å². The molecule has 0 saturated carbocycles. The summed E-state index contributed by atoms with van der Waals surface area (Å²) in [6.07, 6.45) is 1.37. The van der Waals surface area contributed by atoms with Crippen molar-refractivity contribution in [2.75, 3.05) is 19.1 Å². The number of anilines is 1. The van der Waals surface area contributed by atoms with E-state index in [2.05, 4.69) is 10.1 Å². The molecule has 0 unspecified atom stereocenters. The number of imide groups is 2. The van der Waals surface area contributed by atoms with Crippen LogP contribution in [0.5, 0.6) is 11.5 Å². The topological polar surface area (TPSA) is 124 Å². The second kappa shape index (κ2) is 10.2. The summed E-state index contributed by atoms with van der Waals surface area (Å²) in [6.45, 7) is 1.90. The third-order valence-corrected chi connectivity index (χ3v) is 5.31. The van der Waals surface area contributed by atoms with E-state index in [9.17, 15) is 19.2 Å². The van der Waals surface area contributed by atoms with Gasteiger partial charge in [-0.05, 0) is 55.0 Å². The summed E-state index contributed by atoms with van der Waals surface area (Å²) in [6, 6.07) is 13.8. The SMILES string of the molecule is COC(=O)c1ccc(COc2ccc(C=C3C(=O)NC(=O)N(c4ccc(C)cc4)C3=O)cc2OC)o1. The van der Waals surface area contributed by atoms with Crippen LogP contribution in [-0.2, 0) is 20.9 Å². The van der Waals surface area contributed by atoms with Crippen molar-refractivity contribution in [2.45, 2.75) is 13.5 Å². The monoisotopic (exact) mass is 490 g/mol. The predicted octanol–water partition coefficient (Wildman–Crippen LogP) is 3.63. The number of carbonyl (C=O) groups excluding carboxylic acids is 4. The van der Waals surface area contributed by atoms with Crippen LogP contribution < -0.4 is 19.7 Å². The molecule has 4 rings (SSSR count). The third-order valence-electron chi connectivity index (χ3n) is 5.31. The second-order valence-electron chi connectivity index (χ2n) is 7.75. The maximum Gasteiger partial charge on any atom is 0.373 e.